The van der Waals surface area contributed by atoms with Crippen molar-refractivity contribution in [3.63, 3.8) is 0 Å². The quantitative estimate of drug-likeness (QED) is 0.816. The van der Waals surface area contributed by atoms with Crippen LogP contribution in [0, 0.1) is 6.92 Å². The summed E-state index contributed by atoms with van der Waals surface area (Å²) in [7, 11) is -2.14. The van der Waals surface area contributed by atoms with Gasteiger partial charge in [-0.2, -0.15) is 0 Å². The summed E-state index contributed by atoms with van der Waals surface area (Å²) in [6.07, 6.45) is 1.72. The Labute approximate surface area is 161 Å². The van der Waals surface area contributed by atoms with Gasteiger partial charge < -0.3 is 14.5 Å². The maximum absolute atomic E-state index is 12.6. The third-order valence-corrected chi connectivity index (χ3v) is 6.20. The van der Waals surface area contributed by atoms with Crippen molar-refractivity contribution in [3.8, 4) is 5.75 Å². The van der Waals surface area contributed by atoms with E-state index in [1.165, 1.54) is 6.07 Å². The number of hydrogen-bond acceptors (Lipinski definition) is 6. The predicted molar refractivity (Wildman–Crippen MR) is 107 cm³/mol. The maximum atomic E-state index is 12.6. The number of piperazine rings is 1. The van der Waals surface area contributed by atoms with Crippen molar-refractivity contribution in [2.75, 3.05) is 49.5 Å². The van der Waals surface area contributed by atoms with Crippen LogP contribution in [0.15, 0.2) is 41.4 Å². The molecular weight excluding hydrogens is 364 g/mol. The fourth-order valence-electron chi connectivity index (χ4n) is 3.17. The molecule has 1 aliphatic heterocycles. The smallest absolute Gasteiger partial charge is 0.263 e. The van der Waals surface area contributed by atoms with Crippen molar-refractivity contribution in [2.24, 2.45) is 0 Å². The highest BCUT2D eigenvalue weighted by Crippen LogP contribution is 2.23. The minimum Gasteiger partial charge on any atom is -0.496 e. The Hall–Kier alpha value is -2.32. The van der Waals surface area contributed by atoms with Crippen LogP contribution in [0.5, 0.6) is 5.75 Å². The van der Waals surface area contributed by atoms with Gasteiger partial charge in [-0.05, 0) is 49.4 Å². The van der Waals surface area contributed by atoms with E-state index in [2.05, 4.69) is 26.4 Å². The van der Waals surface area contributed by atoms with Crippen molar-refractivity contribution < 1.29 is 13.2 Å². The van der Waals surface area contributed by atoms with Crippen LogP contribution in [-0.4, -0.2) is 58.1 Å². The van der Waals surface area contributed by atoms with E-state index in [9.17, 15) is 8.42 Å². The third-order valence-electron chi connectivity index (χ3n) is 4.85. The van der Waals surface area contributed by atoms with Crippen LogP contribution in [0.4, 0.5) is 11.5 Å². The van der Waals surface area contributed by atoms with E-state index < -0.39 is 10.0 Å². The number of likely N-dealkylation sites (N-methyl/N-ethyl adjacent to an activating group) is 1. The van der Waals surface area contributed by atoms with Crippen LogP contribution in [0.1, 0.15) is 12.5 Å². The second-order valence-electron chi connectivity index (χ2n) is 6.56. The van der Waals surface area contributed by atoms with Crippen LogP contribution in [-0.2, 0) is 10.0 Å². The van der Waals surface area contributed by atoms with Gasteiger partial charge in [0.1, 0.15) is 11.6 Å². The number of methoxy groups -OCH3 is 1. The van der Waals surface area contributed by atoms with Gasteiger partial charge in [-0.25, -0.2) is 13.4 Å². The number of rotatable bonds is 6. The summed E-state index contributed by atoms with van der Waals surface area (Å²) in [6.45, 7) is 9.00. The molecule has 0 saturated carbocycles. The first kappa shape index (κ1) is 19.4. The summed E-state index contributed by atoms with van der Waals surface area (Å²) >= 11 is 0. The predicted octanol–water partition coefficient (Wildman–Crippen LogP) is 2.34. The number of hydrogen-bond donors (Lipinski definition) is 1. The third kappa shape index (κ3) is 4.51. The molecule has 1 fully saturated rings. The Morgan fingerprint density at radius 3 is 2.44 bits per heavy atom. The molecule has 0 amide bonds. The van der Waals surface area contributed by atoms with Gasteiger partial charge in [-0.15, -0.1) is 0 Å². The summed E-state index contributed by atoms with van der Waals surface area (Å²) in [5.41, 5.74) is 1.77. The molecule has 2 heterocycles. The van der Waals surface area contributed by atoms with Gasteiger partial charge in [0, 0.05) is 26.2 Å². The molecule has 2 aromatic rings. The molecule has 3 rings (SSSR count). The van der Waals surface area contributed by atoms with Crippen molar-refractivity contribution in [1.29, 1.82) is 0 Å². The number of nitrogens with zero attached hydrogens (tertiary/aromatic N) is 3. The molecule has 146 valence electrons. The van der Waals surface area contributed by atoms with Crippen LogP contribution in [0.3, 0.4) is 0 Å². The highest BCUT2D eigenvalue weighted by molar-refractivity contribution is 7.92. The van der Waals surface area contributed by atoms with E-state index in [1.807, 2.05) is 13.0 Å². The van der Waals surface area contributed by atoms with Crippen LogP contribution in [0.2, 0.25) is 0 Å². The number of sulfonamides is 1. The normalized spacial score (nSPS) is 15.6. The number of aromatic nitrogens is 1. The Kier molecular flexibility index (Phi) is 5.86. The topological polar surface area (TPSA) is 74.8 Å². The molecule has 1 aliphatic rings. The van der Waals surface area contributed by atoms with E-state index >= 15 is 0 Å². The summed E-state index contributed by atoms with van der Waals surface area (Å²) in [6, 6.07) is 8.37. The van der Waals surface area contributed by atoms with E-state index in [0.717, 1.165) is 44.0 Å². The number of aryl methyl sites for hydroxylation is 1. The lowest BCUT2D eigenvalue weighted by molar-refractivity contribution is 0.271. The molecule has 0 unspecified atom stereocenters. The van der Waals surface area contributed by atoms with Gasteiger partial charge in [0.2, 0.25) is 0 Å². The van der Waals surface area contributed by atoms with Crippen LogP contribution >= 0.6 is 0 Å². The molecule has 1 aromatic carbocycles. The summed E-state index contributed by atoms with van der Waals surface area (Å²) in [5.74, 6) is 0.957. The number of ether oxygens (including phenoxy) is 1. The SMILES string of the molecule is CCN1CCN(c2ccc(NS(=O)(=O)c3ccc(OC)c(C)c3)nc2)CC1. The van der Waals surface area contributed by atoms with E-state index in [1.54, 1.807) is 31.5 Å². The van der Waals surface area contributed by atoms with E-state index in [4.69, 9.17) is 4.74 Å². The van der Waals surface area contributed by atoms with Gasteiger partial charge in [0.25, 0.3) is 10.0 Å². The largest absolute Gasteiger partial charge is 0.496 e. The van der Waals surface area contributed by atoms with Crippen molar-refractivity contribution in [2.45, 2.75) is 18.7 Å². The second-order valence-corrected chi connectivity index (χ2v) is 8.24. The zero-order valence-corrected chi connectivity index (χ0v) is 16.8. The minimum atomic E-state index is -3.70. The van der Waals surface area contributed by atoms with Gasteiger partial charge in [-0.3, -0.25) is 4.72 Å². The lowest BCUT2D eigenvalue weighted by atomic mass is 10.2. The summed E-state index contributed by atoms with van der Waals surface area (Å²) in [5, 5.41) is 0. The zero-order valence-electron chi connectivity index (χ0n) is 16.0. The zero-order chi connectivity index (χ0) is 19.4. The monoisotopic (exact) mass is 390 g/mol. The Morgan fingerprint density at radius 1 is 1.15 bits per heavy atom. The molecule has 0 atom stereocenters. The molecule has 1 N–H and O–H groups in total. The molecule has 0 spiro atoms. The molecule has 1 aromatic heterocycles. The average molecular weight is 391 g/mol. The Bertz CT molecular complexity index is 876. The second kappa shape index (κ2) is 8.14. The summed E-state index contributed by atoms with van der Waals surface area (Å²) < 4.78 is 32.9. The van der Waals surface area contributed by atoms with Crippen LogP contribution in [0.25, 0.3) is 0 Å². The van der Waals surface area contributed by atoms with E-state index in [0.29, 0.717) is 11.6 Å². The Balaban J connectivity index is 1.69. The molecule has 8 heteroatoms. The number of nitrogens with one attached hydrogen (secondary N) is 1. The first-order valence-corrected chi connectivity index (χ1v) is 10.5. The highest BCUT2D eigenvalue weighted by atomic mass is 32.2. The highest BCUT2D eigenvalue weighted by Gasteiger charge is 2.18. The van der Waals surface area contributed by atoms with Crippen molar-refractivity contribution in [1.82, 2.24) is 9.88 Å². The average Bonchev–Trinajstić information content (AvgIpc) is 2.68. The molecule has 0 aliphatic carbocycles. The van der Waals surface area contributed by atoms with Crippen molar-refractivity contribution >= 4 is 21.5 Å². The molecule has 7 nitrogen and oxygen atoms in total. The molecular formula is C19H26N4O3S. The lowest BCUT2D eigenvalue weighted by Crippen LogP contribution is -2.46. The fraction of sp³-hybridized carbons (Fsp3) is 0.421. The Morgan fingerprint density at radius 2 is 1.89 bits per heavy atom. The number of anilines is 2. The molecule has 27 heavy (non-hydrogen) atoms. The molecule has 0 radical (unpaired) electrons. The lowest BCUT2D eigenvalue weighted by Gasteiger charge is -2.35. The minimum absolute atomic E-state index is 0.183. The first-order chi connectivity index (χ1) is 12.9. The summed E-state index contributed by atoms with van der Waals surface area (Å²) in [4.78, 5) is 9.15. The van der Waals surface area contributed by atoms with Gasteiger partial charge in [0.15, 0.2) is 0 Å². The maximum Gasteiger partial charge on any atom is 0.263 e. The van der Waals surface area contributed by atoms with Crippen molar-refractivity contribution in [3.05, 3.63) is 42.1 Å². The number of benzene rings is 1. The van der Waals surface area contributed by atoms with Gasteiger partial charge in [0.05, 0.1) is 23.9 Å². The van der Waals surface area contributed by atoms with Crippen LogP contribution < -0.4 is 14.4 Å². The molecule has 0 bridgehead atoms. The van der Waals surface area contributed by atoms with E-state index in [-0.39, 0.29) is 4.90 Å². The first-order valence-electron chi connectivity index (χ1n) is 9.04. The fourth-order valence-corrected chi connectivity index (χ4v) is 4.26. The van der Waals surface area contributed by atoms with Gasteiger partial charge in [-0.1, -0.05) is 6.92 Å². The number of pyridine rings is 1. The standard InChI is InChI=1S/C19H26N4O3S/c1-4-22-9-11-23(12-10-22)16-5-8-19(20-14-16)21-27(24,25)17-6-7-18(26-3)15(2)13-17/h5-8,13-14H,4,9-12H2,1-3H3,(H,20,21). The van der Waals surface area contributed by atoms with Gasteiger partial charge >= 0.3 is 0 Å². The molecule has 1 saturated heterocycles.